The number of likely N-dealkylation sites (N-methyl/N-ethyl adjacent to an activating group) is 1. The van der Waals surface area contributed by atoms with Gasteiger partial charge in [-0.05, 0) is 32.1 Å². The van der Waals surface area contributed by atoms with Crippen molar-refractivity contribution in [3.63, 3.8) is 0 Å². The number of para-hydroxylation sites is 1. The van der Waals surface area contributed by atoms with E-state index in [9.17, 15) is 4.79 Å². The molecule has 0 saturated heterocycles. The molecule has 0 aliphatic carbocycles. The lowest BCUT2D eigenvalue weighted by Crippen LogP contribution is -2.35. The number of rotatable bonds is 7. The summed E-state index contributed by atoms with van der Waals surface area (Å²) in [5.41, 5.74) is 12.9. The summed E-state index contributed by atoms with van der Waals surface area (Å²) >= 11 is 0. The van der Waals surface area contributed by atoms with E-state index in [1.807, 2.05) is 0 Å². The lowest BCUT2D eigenvalue weighted by molar-refractivity contribution is 0.100. The van der Waals surface area contributed by atoms with Crippen LogP contribution in [-0.4, -0.2) is 36.5 Å². The number of hydrogen-bond acceptors (Lipinski definition) is 4. The zero-order valence-corrected chi connectivity index (χ0v) is 11.9. The average molecular weight is 264 g/mol. The van der Waals surface area contributed by atoms with Crippen LogP contribution in [0.4, 0.5) is 11.4 Å². The summed E-state index contributed by atoms with van der Waals surface area (Å²) in [6, 6.07) is 5.36. The van der Waals surface area contributed by atoms with Crippen LogP contribution in [0.3, 0.4) is 0 Å². The second-order valence-corrected chi connectivity index (χ2v) is 4.67. The summed E-state index contributed by atoms with van der Waals surface area (Å²) in [7, 11) is 0. The molecule has 19 heavy (non-hydrogen) atoms. The highest BCUT2D eigenvalue weighted by Crippen LogP contribution is 2.24. The van der Waals surface area contributed by atoms with Crippen molar-refractivity contribution >= 4 is 17.3 Å². The maximum atomic E-state index is 11.4. The van der Waals surface area contributed by atoms with E-state index in [4.69, 9.17) is 11.5 Å². The van der Waals surface area contributed by atoms with E-state index in [-0.39, 0.29) is 6.04 Å². The maximum absolute atomic E-state index is 11.4. The minimum atomic E-state index is -0.468. The molecule has 1 amide bonds. The number of nitrogens with two attached hydrogens (primary N) is 2. The van der Waals surface area contributed by atoms with Crippen molar-refractivity contribution in [1.29, 1.82) is 0 Å². The summed E-state index contributed by atoms with van der Waals surface area (Å²) in [6.45, 7) is 9.20. The molecule has 5 N–H and O–H groups in total. The fraction of sp³-hybridized carbons (Fsp3) is 0.500. The zero-order valence-electron chi connectivity index (χ0n) is 11.9. The van der Waals surface area contributed by atoms with Crippen LogP contribution in [0.25, 0.3) is 0 Å². The fourth-order valence-electron chi connectivity index (χ4n) is 2.10. The normalized spacial score (nSPS) is 12.4. The highest BCUT2D eigenvalue weighted by Gasteiger charge is 2.14. The zero-order chi connectivity index (χ0) is 14.4. The predicted octanol–water partition coefficient (Wildman–Crippen LogP) is 1.51. The number of carbonyl (C=O) groups is 1. The summed E-state index contributed by atoms with van der Waals surface area (Å²) in [5.74, 6) is -0.468. The summed E-state index contributed by atoms with van der Waals surface area (Å²) in [4.78, 5) is 13.7. The van der Waals surface area contributed by atoms with Gasteiger partial charge in [0.25, 0.3) is 5.91 Å². The largest absolute Gasteiger partial charge is 0.397 e. The molecule has 106 valence electrons. The highest BCUT2D eigenvalue weighted by molar-refractivity contribution is 6.01. The smallest absolute Gasteiger partial charge is 0.250 e. The van der Waals surface area contributed by atoms with E-state index < -0.39 is 5.91 Å². The standard InChI is InChI=1S/C14H24N4O/c1-4-18(5-2)9-10(3)17-13-11(14(16)19)7-6-8-12(13)15/h6-8,10,17H,4-5,9,15H2,1-3H3,(H2,16,19). The Kier molecular flexibility index (Phi) is 5.63. The molecule has 5 heteroatoms. The lowest BCUT2D eigenvalue weighted by Gasteiger charge is -2.25. The Morgan fingerprint density at radius 3 is 2.53 bits per heavy atom. The Hall–Kier alpha value is -1.75. The molecule has 0 spiro atoms. The molecule has 1 atom stereocenters. The van der Waals surface area contributed by atoms with Gasteiger partial charge in [-0.15, -0.1) is 0 Å². The van der Waals surface area contributed by atoms with Crippen LogP contribution in [0.15, 0.2) is 18.2 Å². The fourth-order valence-corrected chi connectivity index (χ4v) is 2.10. The second-order valence-electron chi connectivity index (χ2n) is 4.67. The van der Waals surface area contributed by atoms with Crippen molar-refractivity contribution in [2.75, 3.05) is 30.7 Å². The van der Waals surface area contributed by atoms with Crippen LogP contribution in [-0.2, 0) is 0 Å². The van der Waals surface area contributed by atoms with Gasteiger partial charge in [0.15, 0.2) is 0 Å². The van der Waals surface area contributed by atoms with Gasteiger partial charge in [-0.1, -0.05) is 19.9 Å². The molecule has 0 aliphatic rings. The minimum Gasteiger partial charge on any atom is -0.397 e. The molecule has 0 heterocycles. The second kappa shape index (κ2) is 6.99. The number of anilines is 2. The summed E-state index contributed by atoms with van der Waals surface area (Å²) in [5, 5.41) is 3.29. The van der Waals surface area contributed by atoms with Gasteiger partial charge in [0.2, 0.25) is 0 Å². The number of primary amides is 1. The number of carbonyl (C=O) groups excluding carboxylic acids is 1. The summed E-state index contributed by atoms with van der Waals surface area (Å²) in [6.07, 6.45) is 0. The number of nitrogen functional groups attached to an aromatic ring is 1. The topological polar surface area (TPSA) is 84.4 Å². The molecule has 0 fully saturated rings. The molecule has 0 aliphatic heterocycles. The minimum absolute atomic E-state index is 0.183. The van der Waals surface area contributed by atoms with Crippen LogP contribution < -0.4 is 16.8 Å². The van der Waals surface area contributed by atoms with Gasteiger partial charge in [0, 0.05) is 12.6 Å². The maximum Gasteiger partial charge on any atom is 0.250 e. The Morgan fingerprint density at radius 1 is 1.37 bits per heavy atom. The first kappa shape index (κ1) is 15.3. The van der Waals surface area contributed by atoms with Crippen LogP contribution in [0, 0.1) is 0 Å². The van der Waals surface area contributed by atoms with E-state index >= 15 is 0 Å². The van der Waals surface area contributed by atoms with Gasteiger partial charge < -0.3 is 21.7 Å². The highest BCUT2D eigenvalue weighted by atomic mass is 16.1. The number of nitrogens with one attached hydrogen (secondary N) is 1. The number of benzene rings is 1. The van der Waals surface area contributed by atoms with Gasteiger partial charge in [-0.25, -0.2) is 0 Å². The van der Waals surface area contributed by atoms with Gasteiger partial charge in [0.05, 0.1) is 16.9 Å². The van der Waals surface area contributed by atoms with E-state index in [0.29, 0.717) is 16.9 Å². The number of amides is 1. The molecule has 1 unspecified atom stereocenters. The predicted molar refractivity (Wildman–Crippen MR) is 80.2 cm³/mol. The molecule has 0 aromatic heterocycles. The molecule has 1 aromatic carbocycles. The van der Waals surface area contributed by atoms with E-state index in [2.05, 4.69) is 31.0 Å². The van der Waals surface area contributed by atoms with Crippen molar-refractivity contribution in [3.05, 3.63) is 23.8 Å². The third-order valence-electron chi connectivity index (χ3n) is 3.18. The molecule has 1 rings (SSSR count). The molecule has 5 nitrogen and oxygen atoms in total. The van der Waals surface area contributed by atoms with Gasteiger partial charge in [-0.2, -0.15) is 0 Å². The van der Waals surface area contributed by atoms with Gasteiger partial charge >= 0.3 is 0 Å². The first-order chi connectivity index (χ1) is 8.99. The van der Waals surface area contributed by atoms with Crippen molar-refractivity contribution < 1.29 is 4.79 Å². The van der Waals surface area contributed by atoms with E-state index in [0.717, 1.165) is 19.6 Å². The van der Waals surface area contributed by atoms with Crippen LogP contribution in [0.5, 0.6) is 0 Å². The first-order valence-electron chi connectivity index (χ1n) is 6.66. The van der Waals surface area contributed by atoms with Crippen LogP contribution in [0.1, 0.15) is 31.1 Å². The monoisotopic (exact) mass is 264 g/mol. The van der Waals surface area contributed by atoms with Gasteiger partial charge in [0.1, 0.15) is 0 Å². The van der Waals surface area contributed by atoms with Crippen LogP contribution >= 0.6 is 0 Å². The third kappa shape index (κ3) is 4.13. The number of hydrogen-bond donors (Lipinski definition) is 3. The Balaban J connectivity index is 2.84. The van der Waals surface area contributed by atoms with Crippen molar-refractivity contribution in [1.82, 2.24) is 4.90 Å². The quantitative estimate of drug-likeness (QED) is 0.652. The van der Waals surface area contributed by atoms with Crippen molar-refractivity contribution in [2.45, 2.75) is 26.8 Å². The lowest BCUT2D eigenvalue weighted by atomic mass is 10.1. The van der Waals surface area contributed by atoms with E-state index in [1.165, 1.54) is 0 Å². The molecule has 0 radical (unpaired) electrons. The van der Waals surface area contributed by atoms with Gasteiger partial charge in [-0.3, -0.25) is 4.79 Å². The average Bonchev–Trinajstić information content (AvgIpc) is 2.38. The van der Waals surface area contributed by atoms with Crippen molar-refractivity contribution in [2.24, 2.45) is 5.73 Å². The molecular formula is C14H24N4O. The SMILES string of the molecule is CCN(CC)CC(C)Nc1c(N)cccc1C(N)=O. The van der Waals surface area contributed by atoms with E-state index in [1.54, 1.807) is 18.2 Å². The molecule has 0 bridgehead atoms. The molecule has 0 saturated carbocycles. The Labute approximate surface area is 115 Å². The molecular weight excluding hydrogens is 240 g/mol. The summed E-state index contributed by atoms with van der Waals surface area (Å²) < 4.78 is 0. The first-order valence-corrected chi connectivity index (χ1v) is 6.66. The Morgan fingerprint density at radius 2 is 2.00 bits per heavy atom. The van der Waals surface area contributed by atoms with Crippen molar-refractivity contribution in [3.8, 4) is 0 Å². The van der Waals surface area contributed by atoms with Crippen LogP contribution in [0.2, 0.25) is 0 Å². The molecule has 1 aromatic rings. The number of nitrogens with zero attached hydrogens (tertiary/aromatic N) is 1. The Bertz CT molecular complexity index is 429. The third-order valence-corrected chi connectivity index (χ3v) is 3.18.